The van der Waals surface area contributed by atoms with E-state index >= 15 is 17.6 Å². The molecule has 1 fully saturated rings. The van der Waals surface area contributed by atoms with Crippen molar-refractivity contribution < 1.29 is 40.1 Å². The first-order chi connectivity index (χ1) is 22.7. The maximum absolute atomic E-state index is 15.5. The number of benzene rings is 5. The van der Waals surface area contributed by atoms with E-state index in [2.05, 4.69) is 30.5 Å². The molecule has 0 aromatic heterocycles. The van der Waals surface area contributed by atoms with Crippen LogP contribution in [0.5, 0.6) is 5.75 Å². The molecule has 47 heavy (non-hydrogen) atoms. The number of nitrogens with zero attached hydrogens (tertiary/aromatic N) is 2. The van der Waals surface area contributed by atoms with Gasteiger partial charge in [-0.1, -0.05) is 0 Å². The monoisotopic (exact) mass is 800 g/mol. The van der Waals surface area contributed by atoms with Gasteiger partial charge in [-0.2, -0.15) is 0 Å². The zero-order valence-electron chi connectivity index (χ0n) is 24.2. The van der Waals surface area contributed by atoms with E-state index < -0.39 is 34.9 Å². The second-order valence-electron chi connectivity index (χ2n) is 10.4. The number of thioether (sulfide) groups is 1. The Morgan fingerprint density at radius 3 is 1.83 bits per heavy atom. The van der Waals surface area contributed by atoms with Crippen LogP contribution in [0.25, 0.3) is 11.1 Å². The topological polar surface area (TPSA) is 15.7 Å². The second kappa shape index (κ2) is 14.6. The van der Waals surface area contributed by atoms with Crippen LogP contribution in [0.2, 0.25) is 10.0 Å². The van der Waals surface area contributed by atoms with Gasteiger partial charge in [-0.05, 0) is 0 Å². The molecular weight excluding hydrogens is 776 g/mol. The van der Waals surface area contributed by atoms with Crippen molar-refractivity contribution in [2.45, 2.75) is 21.4 Å². The Labute approximate surface area is 299 Å². The summed E-state index contributed by atoms with van der Waals surface area (Å²) in [6.45, 7) is 0.0225. The number of thiol groups is 1. The van der Waals surface area contributed by atoms with Gasteiger partial charge in [-0.3, -0.25) is 0 Å². The third-order valence-corrected chi connectivity index (χ3v) is 10.9. The first kappa shape index (κ1) is 33.9. The van der Waals surface area contributed by atoms with Gasteiger partial charge in [0, 0.05) is 0 Å². The Morgan fingerprint density at radius 1 is 0.745 bits per heavy atom. The molecule has 1 atom stereocenters. The summed E-state index contributed by atoms with van der Waals surface area (Å²) >= 11 is 21.3. The molecule has 3 nitrogen and oxygen atoms in total. The minimum atomic E-state index is -1.18. The van der Waals surface area contributed by atoms with E-state index in [0.29, 0.717) is 26.1 Å². The summed E-state index contributed by atoms with van der Waals surface area (Å²) in [5.41, 5.74) is 0.420. The van der Waals surface area contributed by atoms with Crippen molar-refractivity contribution in [3.05, 3.63) is 136 Å². The number of para-hydroxylation sites is 3. The number of rotatable bonds is 9. The first-order valence-corrected chi connectivity index (χ1v) is 17.3. The van der Waals surface area contributed by atoms with Crippen molar-refractivity contribution in [1.82, 2.24) is 0 Å². The molecule has 0 unspecified atom stereocenters. The number of ether oxygens (including phenoxy) is 1. The van der Waals surface area contributed by atoms with Gasteiger partial charge in [0.2, 0.25) is 0 Å². The second-order valence-corrected chi connectivity index (χ2v) is 13.3. The molecule has 0 aliphatic carbocycles. The average molecular weight is 801 g/mol. The van der Waals surface area contributed by atoms with Crippen LogP contribution in [0.1, 0.15) is 5.56 Å². The van der Waals surface area contributed by atoms with Crippen LogP contribution in [0.4, 0.5) is 28.9 Å². The molecule has 0 radical (unpaired) electrons. The van der Waals surface area contributed by atoms with Gasteiger partial charge in [0.05, 0.1) is 0 Å². The Balaban J connectivity index is 1.60. The van der Waals surface area contributed by atoms with Crippen LogP contribution in [0.3, 0.4) is 0 Å². The Morgan fingerprint density at radius 2 is 1.28 bits per heavy atom. The first-order valence-electron chi connectivity index (χ1n) is 14.2. The Hall–Kier alpha value is -3.01. The zero-order chi connectivity index (χ0) is 33.2. The quantitative estimate of drug-likeness (QED) is 0.0525. The summed E-state index contributed by atoms with van der Waals surface area (Å²) in [5, 5.41) is 0.599. The van der Waals surface area contributed by atoms with E-state index in [4.69, 9.17) is 27.9 Å². The van der Waals surface area contributed by atoms with Crippen molar-refractivity contribution in [3.8, 4) is 16.9 Å². The van der Waals surface area contributed by atoms with E-state index in [1.54, 1.807) is 16.7 Å². The molecule has 5 aromatic carbocycles. The number of hydrogen-bond donors (Lipinski definition) is 1. The standard InChI is InChI=1S/C35H24Cl2F4N2OS2.Ru/c1-20-8-5-11-22(21-9-3-2-4-10-21)31(20)44-35(46-33-24(37)17-16-23(36)32(33)45)34-42(29-25(38)12-6-13-26(29)39)18-19-43(34)30-27(40)14-7-15-28(30)41;/h1-17,34-35,45H,18-19H2;/q;+1/t35-;/m1./s1. The van der Waals surface area contributed by atoms with Crippen LogP contribution < -0.4 is 14.5 Å². The summed E-state index contributed by atoms with van der Waals surface area (Å²) in [7, 11) is 0. The van der Waals surface area contributed by atoms with Crippen LogP contribution in [-0.4, -0.2) is 29.3 Å². The molecule has 241 valence electrons. The number of hydrogen-bond acceptors (Lipinski definition) is 5. The van der Waals surface area contributed by atoms with E-state index in [-0.39, 0.29) is 29.5 Å². The maximum atomic E-state index is 15.5. The van der Waals surface area contributed by atoms with Gasteiger partial charge in [0.1, 0.15) is 0 Å². The van der Waals surface area contributed by atoms with Gasteiger partial charge in [-0.15, -0.1) is 0 Å². The van der Waals surface area contributed by atoms with Crippen LogP contribution in [0.15, 0.2) is 107 Å². The van der Waals surface area contributed by atoms with Gasteiger partial charge in [0.25, 0.3) is 0 Å². The normalized spacial score (nSPS) is 14.0. The molecule has 0 saturated carbocycles. The summed E-state index contributed by atoms with van der Waals surface area (Å²) in [5.74, 6) is -2.92. The molecule has 1 saturated heterocycles. The molecule has 6 rings (SSSR count). The molecule has 1 aliphatic rings. The van der Waals surface area contributed by atoms with Gasteiger partial charge in [0.15, 0.2) is 0 Å². The van der Waals surface area contributed by atoms with E-state index in [1.807, 2.05) is 48.5 Å². The average Bonchev–Trinajstić information content (AvgIpc) is 3.48. The molecular formula is C35H24Cl2F4N2ORuS2+. The zero-order valence-corrected chi connectivity index (χ0v) is 29.1. The summed E-state index contributed by atoms with van der Waals surface area (Å²) < 4.78 is 70.8. The predicted octanol–water partition coefficient (Wildman–Crippen LogP) is 10.1. The predicted molar refractivity (Wildman–Crippen MR) is 182 cm³/mol. The SMILES string of the molecule is Fc1cccc(F)c1N1CCN(c2c(F)cccc2F)C1[C@H](Oc1c([CH]=[Ru+])cccc1-c1ccccc1)Sc1c(Cl)ccc(Cl)c1S. The van der Waals surface area contributed by atoms with Crippen LogP contribution in [0, 0.1) is 23.3 Å². The van der Waals surface area contributed by atoms with Crippen molar-refractivity contribution >= 4 is 63.6 Å². The number of anilines is 2. The van der Waals surface area contributed by atoms with Gasteiger partial charge >= 0.3 is 301 Å². The van der Waals surface area contributed by atoms with Gasteiger partial charge in [-0.25, -0.2) is 0 Å². The molecule has 5 aromatic rings. The minimum absolute atomic E-state index is 0.0112. The summed E-state index contributed by atoms with van der Waals surface area (Å²) in [4.78, 5) is 3.62. The number of halogens is 6. The van der Waals surface area contributed by atoms with Crippen LogP contribution >= 0.6 is 47.6 Å². The fourth-order valence-electron chi connectivity index (χ4n) is 5.58. The molecule has 0 amide bonds. The van der Waals surface area contributed by atoms with E-state index in [1.165, 1.54) is 21.9 Å². The fourth-order valence-corrected chi connectivity index (χ4v) is 8.09. The fraction of sp³-hybridized carbons (Fsp3) is 0.114. The molecule has 12 heteroatoms. The third-order valence-electron chi connectivity index (χ3n) is 7.66. The Kier molecular flexibility index (Phi) is 10.5. The molecule has 0 N–H and O–H groups in total. The molecule has 0 spiro atoms. The molecule has 1 heterocycles. The van der Waals surface area contributed by atoms with Crippen molar-refractivity contribution in [2.75, 3.05) is 22.9 Å². The Bertz CT molecular complexity index is 1860. The molecule has 1 aliphatic heterocycles. The van der Waals surface area contributed by atoms with Crippen molar-refractivity contribution in [1.29, 1.82) is 0 Å². The molecule has 0 bridgehead atoms. The third kappa shape index (κ3) is 6.81. The van der Waals surface area contributed by atoms with Crippen molar-refractivity contribution in [2.24, 2.45) is 0 Å². The van der Waals surface area contributed by atoms with E-state index in [0.717, 1.165) is 47.2 Å². The summed E-state index contributed by atoms with van der Waals surface area (Å²) in [6.07, 6.45) is -1.18. The summed E-state index contributed by atoms with van der Waals surface area (Å²) in [6, 6.07) is 25.4. The van der Waals surface area contributed by atoms with Crippen LogP contribution in [-0.2, 0) is 17.9 Å². The van der Waals surface area contributed by atoms with Gasteiger partial charge < -0.3 is 0 Å². The van der Waals surface area contributed by atoms with E-state index in [9.17, 15) is 0 Å². The van der Waals surface area contributed by atoms with Crippen molar-refractivity contribution in [3.63, 3.8) is 0 Å².